The molecule has 9 N–H and O–H groups in total. The highest BCUT2D eigenvalue weighted by atomic mass is 16.3. The van der Waals surface area contributed by atoms with Crippen LogP contribution in [0.2, 0.25) is 0 Å². The van der Waals surface area contributed by atoms with Crippen LogP contribution in [0, 0.1) is 13.8 Å². The molecule has 8 aromatic rings. The molecule has 9 heteroatoms. The lowest BCUT2D eigenvalue weighted by Gasteiger charge is -2.25. The van der Waals surface area contributed by atoms with Crippen molar-refractivity contribution in [2.24, 2.45) is 0 Å². The van der Waals surface area contributed by atoms with Crippen LogP contribution in [0.1, 0.15) is 11.1 Å². The number of phenolic OH excluding ortho intramolecular Hbond substituents is 6. The van der Waals surface area contributed by atoms with Gasteiger partial charge in [0.15, 0.2) is 0 Å². The van der Waals surface area contributed by atoms with E-state index in [1.165, 1.54) is 12.1 Å². The molecule has 8 aromatic carbocycles. The smallest absolute Gasteiger partial charge is 0.201 e. The molecule has 9 nitrogen and oxygen atoms in total. The minimum absolute atomic E-state index is 0. The third-order valence-corrected chi connectivity index (χ3v) is 8.24. The lowest BCUT2D eigenvalue weighted by molar-refractivity contribution is 0.455. The van der Waals surface area contributed by atoms with Crippen molar-refractivity contribution in [2.45, 2.75) is 13.8 Å². The van der Waals surface area contributed by atoms with E-state index in [0.29, 0.717) is 43.4 Å². The highest BCUT2D eigenvalue weighted by Crippen LogP contribution is 2.56. The van der Waals surface area contributed by atoms with Crippen molar-refractivity contribution in [3.05, 3.63) is 55.8 Å². The molecule has 0 heterocycles. The molecule has 0 fully saturated rings. The first-order valence-corrected chi connectivity index (χ1v) is 11.8. The summed E-state index contributed by atoms with van der Waals surface area (Å²) >= 11 is 0. The van der Waals surface area contributed by atoms with Gasteiger partial charge in [0, 0.05) is 55.2 Å². The monoisotopic (exact) mass is 521 g/mol. The van der Waals surface area contributed by atoms with Gasteiger partial charge in [-0.2, -0.15) is 0 Å². The Morgan fingerprint density at radius 2 is 0.590 bits per heavy atom. The standard InChI is InChI=1S/C30H16O8.H3N/c1-7-3-9(31)19-23-15(7)16-8(2)4-10(32)20-24(16)28-26-18(12(34)6-14(36)22(26)30(20)38)17-11(33)5-13(35)21(29(19)37)25(17)27(23)28;/h3-6,31-36H,1-2H3;1H3. The fourth-order valence-electron chi connectivity index (χ4n) is 6.98. The Kier molecular flexibility index (Phi) is 3.86. The summed E-state index contributed by atoms with van der Waals surface area (Å²) < 4.78 is 0. The van der Waals surface area contributed by atoms with Gasteiger partial charge in [-0.1, -0.05) is 0 Å². The van der Waals surface area contributed by atoms with Gasteiger partial charge in [0.1, 0.15) is 34.5 Å². The van der Waals surface area contributed by atoms with E-state index < -0.39 is 33.9 Å². The molecule has 0 unspecified atom stereocenters. The first-order valence-electron chi connectivity index (χ1n) is 11.8. The summed E-state index contributed by atoms with van der Waals surface area (Å²) in [5.74, 6) is -2.51. The lowest BCUT2D eigenvalue weighted by atomic mass is 9.78. The maximum absolute atomic E-state index is 13.9. The number of rotatable bonds is 0. The second-order valence-corrected chi connectivity index (χ2v) is 10.2. The Balaban J connectivity index is 0.00000253. The van der Waals surface area contributed by atoms with Gasteiger partial charge in [-0.25, -0.2) is 0 Å². The Morgan fingerprint density at radius 3 is 0.923 bits per heavy atom. The van der Waals surface area contributed by atoms with E-state index in [9.17, 15) is 40.2 Å². The minimum Gasteiger partial charge on any atom is -0.507 e. The van der Waals surface area contributed by atoms with E-state index in [-0.39, 0.29) is 60.7 Å². The van der Waals surface area contributed by atoms with Gasteiger partial charge < -0.3 is 36.8 Å². The minimum atomic E-state index is -0.661. The second-order valence-electron chi connectivity index (χ2n) is 10.2. The summed E-state index contributed by atoms with van der Waals surface area (Å²) in [4.78, 5) is 27.8. The molecule has 192 valence electrons. The van der Waals surface area contributed by atoms with Crippen molar-refractivity contribution in [3.63, 3.8) is 0 Å². The van der Waals surface area contributed by atoms with Crippen LogP contribution in [0.4, 0.5) is 0 Å². The maximum atomic E-state index is 13.9. The average molecular weight is 521 g/mol. The van der Waals surface area contributed by atoms with E-state index in [2.05, 4.69) is 0 Å². The van der Waals surface area contributed by atoms with Crippen molar-refractivity contribution < 1.29 is 30.6 Å². The van der Waals surface area contributed by atoms with Crippen LogP contribution in [-0.2, 0) is 0 Å². The zero-order chi connectivity index (χ0) is 26.7. The molecule has 0 aromatic heterocycles. The van der Waals surface area contributed by atoms with Crippen LogP contribution in [0.5, 0.6) is 34.5 Å². The van der Waals surface area contributed by atoms with Crippen molar-refractivity contribution in [3.8, 4) is 34.5 Å². The molecule has 8 rings (SSSR count). The molecule has 0 aliphatic rings. The number of benzene rings is 8. The fraction of sp³-hybridized carbons (Fsp3) is 0.0667. The molecule has 0 aliphatic heterocycles. The third-order valence-electron chi connectivity index (χ3n) is 8.24. The molecular weight excluding hydrogens is 502 g/mol. The molecule has 39 heavy (non-hydrogen) atoms. The molecule has 0 aliphatic carbocycles. The van der Waals surface area contributed by atoms with E-state index in [1.54, 1.807) is 13.8 Å². The van der Waals surface area contributed by atoms with Crippen LogP contribution in [0.3, 0.4) is 0 Å². The Hall–Kier alpha value is -5.28. The summed E-state index contributed by atoms with van der Waals surface area (Å²) in [6, 6.07) is 4.86. The summed E-state index contributed by atoms with van der Waals surface area (Å²) in [7, 11) is 0. The van der Waals surface area contributed by atoms with Crippen molar-refractivity contribution >= 4 is 75.4 Å². The highest BCUT2D eigenvalue weighted by Gasteiger charge is 2.32. The van der Waals surface area contributed by atoms with Gasteiger partial charge in [-0.15, -0.1) is 0 Å². The predicted octanol–water partition coefficient (Wildman–Crippen LogP) is 5.24. The van der Waals surface area contributed by atoms with Crippen molar-refractivity contribution in [1.29, 1.82) is 0 Å². The number of aryl methyl sites for hydroxylation is 2. The number of fused-ring (bicyclic) bond motifs is 2. The Morgan fingerprint density at radius 1 is 0.359 bits per heavy atom. The van der Waals surface area contributed by atoms with Gasteiger partial charge in [-0.05, 0) is 47.9 Å². The molecule has 0 amide bonds. The maximum Gasteiger partial charge on any atom is 0.201 e. The zero-order valence-corrected chi connectivity index (χ0v) is 20.5. The van der Waals surface area contributed by atoms with Crippen LogP contribution in [0.25, 0.3) is 75.4 Å². The van der Waals surface area contributed by atoms with Crippen LogP contribution in [0.15, 0.2) is 33.9 Å². The molecule has 0 bridgehead atoms. The lowest BCUT2D eigenvalue weighted by Crippen LogP contribution is -2.10. The van der Waals surface area contributed by atoms with Gasteiger partial charge in [0.25, 0.3) is 0 Å². The number of hydrogen-bond acceptors (Lipinski definition) is 9. The van der Waals surface area contributed by atoms with Crippen LogP contribution >= 0.6 is 0 Å². The molecule has 0 saturated heterocycles. The first-order chi connectivity index (χ1) is 18.0. The SMILES string of the molecule is Cc1cc(O)c2c(=O)c3c(O)cc(O)c4c5c(O)cc(O)c6c(=O)c7c(O)cc(C)c8c1c2c(c34)c(c78)c65.N. The van der Waals surface area contributed by atoms with Gasteiger partial charge in [-0.3, -0.25) is 9.59 Å². The summed E-state index contributed by atoms with van der Waals surface area (Å²) in [5.41, 5.74) is -0.112. The number of phenols is 6. The average Bonchev–Trinajstić information content (AvgIpc) is 2.82. The van der Waals surface area contributed by atoms with E-state index in [0.717, 1.165) is 12.1 Å². The molecule has 0 atom stereocenters. The number of aromatic hydroxyl groups is 6. The van der Waals surface area contributed by atoms with Crippen molar-refractivity contribution in [1.82, 2.24) is 6.15 Å². The quantitative estimate of drug-likeness (QED) is 0.103. The summed E-state index contributed by atoms with van der Waals surface area (Å²) in [5, 5.41) is 68.4. The van der Waals surface area contributed by atoms with E-state index in [1.807, 2.05) is 0 Å². The molecular formula is C30H19NO8. The number of hydrogen-bond donors (Lipinski definition) is 7. The predicted molar refractivity (Wildman–Crippen MR) is 151 cm³/mol. The van der Waals surface area contributed by atoms with Crippen molar-refractivity contribution in [2.75, 3.05) is 0 Å². The van der Waals surface area contributed by atoms with Gasteiger partial charge in [0.2, 0.25) is 10.9 Å². The van der Waals surface area contributed by atoms with E-state index in [4.69, 9.17) is 0 Å². The van der Waals surface area contributed by atoms with Gasteiger partial charge >= 0.3 is 0 Å². The zero-order valence-electron chi connectivity index (χ0n) is 20.5. The topological polar surface area (TPSA) is 191 Å². The summed E-state index contributed by atoms with van der Waals surface area (Å²) in [6.45, 7) is 3.51. The highest BCUT2D eigenvalue weighted by molar-refractivity contribution is 6.50. The van der Waals surface area contributed by atoms with Gasteiger partial charge in [0.05, 0.1) is 21.5 Å². The fourth-order valence-corrected chi connectivity index (χ4v) is 6.98. The van der Waals surface area contributed by atoms with Crippen LogP contribution in [-0.4, -0.2) is 30.6 Å². The molecule has 0 radical (unpaired) electrons. The second kappa shape index (κ2) is 6.58. The third kappa shape index (κ3) is 2.19. The first kappa shape index (κ1) is 22.9. The normalized spacial score (nSPS) is 12.5. The largest absolute Gasteiger partial charge is 0.507 e. The molecule has 0 saturated carbocycles. The Labute approximate surface area is 216 Å². The Bertz CT molecular complexity index is 2180. The van der Waals surface area contributed by atoms with E-state index >= 15 is 0 Å². The molecule has 0 spiro atoms. The van der Waals surface area contributed by atoms with Crippen LogP contribution < -0.4 is 17.0 Å². The summed E-state index contributed by atoms with van der Waals surface area (Å²) in [6.07, 6.45) is 0.